The molecule has 2 aliphatic heterocycles. The van der Waals surface area contributed by atoms with Gasteiger partial charge in [-0.2, -0.15) is 0 Å². The third-order valence-corrected chi connectivity index (χ3v) is 6.72. The van der Waals surface area contributed by atoms with Crippen molar-refractivity contribution in [3.8, 4) is 11.5 Å². The lowest BCUT2D eigenvalue weighted by atomic mass is 9.46. The number of fused-ring (bicyclic) bond motifs is 1. The molecule has 2 aliphatic carbocycles. The summed E-state index contributed by atoms with van der Waals surface area (Å²) >= 11 is 0. The maximum Gasteiger partial charge on any atom is 0.317 e. The highest BCUT2D eigenvalue weighted by molar-refractivity contribution is 5.90. The number of phenols is 2. The number of aliphatic hydroxyl groups is 1. The molecule has 2 heterocycles. The standard InChI is InChI=1S/C20H26O5/c1-9(2)10-8-11-12(14(22)13(10)21)20-7-5-6-19(3,4)17(20)15(23)16(11)25-18(20)24/h8-9,15-17,21-23H,5-7H2,1-4H3/t15-,16+,17-,20-/m0/s1. The van der Waals surface area contributed by atoms with Gasteiger partial charge in [-0.05, 0) is 30.2 Å². The molecule has 0 radical (unpaired) electrons. The van der Waals surface area contributed by atoms with Gasteiger partial charge in [0.05, 0.1) is 6.10 Å². The molecule has 0 unspecified atom stereocenters. The van der Waals surface area contributed by atoms with Gasteiger partial charge in [0, 0.05) is 22.6 Å². The maximum atomic E-state index is 13.0. The fraction of sp³-hybridized carbons (Fsp3) is 0.650. The van der Waals surface area contributed by atoms with Crippen molar-refractivity contribution in [2.24, 2.45) is 11.3 Å². The molecule has 5 heteroatoms. The van der Waals surface area contributed by atoms with Gasteiger partial charge in [-0.1, -0.05) is 34.1 Å². The molecule has 1 spiro atoms. The first-order chi connectivity index (χ1) is 11.6. The van der Waals surface area contributed by atoms with Crippen LogP contribution in [-0.4, -0.2) is 27.4 Å². The van der Waals surface area contributed by atoms with Crippen molar-refractivity contribution in [2.45, 2.75) is 70.5 Å². The van der Waals surface area contributed by atoms with Crippen LogP contribution < -0.4 is 0 Å². The Hall–Kier alpha value is -1.75. The van der Waals surface area contributed by atoms with Gasteiger partial charge in [0.15, 0.2) is 17.6 Å². The summed E-state index contributed by atoms with van der Waals surface area (Å²) in [7, 11) is 0. The Morgan fingerprint density at radius 2 is 1.88 bits per heavy atom. The Kier molecular flexibility index (Phi) is 3.28. The highest BCUT2D eigenvalue weighted by Gasteiger charge is 2.68. The Balaban J connectivity index is 2.06. The van der Waals surface area contributed by atoms with Gasteiger partial charge in [-0.15, -0.1) is 0 Å². The van der Waals surface area contributed by atoms with Crippen LogP contribution in [0.1, 0.15) is 75.7 Å². The van der Waals surface area contributed by atoms with Gasteiger partial charge in [0.25, 0.3) is 0 Å². The normalized spacial score (nSPS) is 35.3. The summed E-state index contributed by atoms with van der Waals surface area (Å²) in [5, 5.41) is 32.5. The fourth-order valence-electron chi connectivity index (χ4n) is 5.71. The van der Waals surface area contributed by atoms with Crippen molar-refractivity contribution in [3.05, 3.63) is 22.8 Å². The number of rotatable bonds is 1. The van der Waals surface area contributed by atoms with Gasteiger partial charge in [0.2, 0.25) is 0 Å². The Morgan fingerprint density at radius 3 is 2.52 bits per heavy atom. The van der Waals surface area contributed by atoms with Crippen molar-refractivity contribution >= 4 is 5.97 Å². The number of hydrogen-bond donors (Lipinski definition) is 3. The van der Waals surface area contributed by atoms with Crippen molar-refractivity contribution in [1.29, 1.82) is 0 Å². The van der Waals surface area contributed by atoms with Gasteiger partial charge >= 0.3 is 5.97 Å². The lowest BCUT2D eigenvalue weighted by Gasteiger charge is -2.60. The lowest BCUT2D eigenvalue weighted by molar-refractivity contribution is -0.213. The van der Waals surface area contributed by atoms with Gasteiger partial charge in [-0.25, -0.2) is 0 Å². The predicted octanol–water partition coefficient (Wildman–Crippen LogP) is 3.26. The third kappa shape index (κ3) is 1.85. The summed E-state index contributed by atoms with van der Waals surface area (Å²) < 4.78 is 5.63. The number of aliphatic hydroxyl groups excluding tert-OH is 1. The van der Waals surface area contributed by atoms with E-state index in [-0.39, 0.29) is 34.7 Å². The van der Waals surface area contributed by atoms with E-state index in [0.717, 1.165) is 12.8 Å². The molecule has 0 amide bonds. The molecule has 4 aliphatic rings. The van der Waals surface area contributed by atoms with E-state index in [9.17, 15) is 20.1 Å². The molecule has 5 rings (SSSR count). The summed E-state index contributed by atoms with van der Waals surface area (Å²) in [6.45, 7) is 7.98. The Labute approximate surface area is 147 Å². The predicted molar refractivity (Wildman–Crippen MR) is 91.5 cm³/mol. The van der Waals surface area contributed by atoms with Crippen LogP contribution in [0.4, 0.5) is 0 Å². The van der Waals surface area contributed by atoms with E-state index < -0.39 is 17.6 Å². The van der Waals surface area contributed by atoms with Crippen molar-refractivity contribution < 1.29 is 24.9 Å². The fourth-order valence-corrected chi connectivity index (χ4v) is 5.71. The summed E-state index contributed by atoms with van der Waals surface area (Å²) in [5.41, 5.74) is 0.405. The Morgan fingerprint density at radius 1 is 1.20 bits per heavy atom. The maximum absolute atomic E-state index is 13.0. The van der Waals surface area contributed by atoms with Crippen LogP contribution in [-0.2, 0) is 14.9 Å². The highest BCUT2D eigenvalue weighted by atomic mass is 16.6. The van der Waals surface area contributed by atoms with Gasteiger partial charge in [-0.3, -0.25) is 4.79 Å². The minimum atomic E-state index is -1.08. The number of carbonyl (C=O) groups excluding carboxylic acids is 1. The Bertz CT molecular complexity index is 766. The van der Waals surface area contributed by atoms with Crippen LogP contribution in [0, 0.1) is 11.3 Å². The smallest absolute Gasteiger partial charge is 0.317 e. The van der Waals surface area contributed by atoms with E-state index in [0.29, 0.717) is 23.1 Å². The van der Waals surface area contributed by atoms with Crippen LogP contribution in [0.3, 0.4) is 0 Å². The van der Waals surface area contributed by atoms with Crippen molar-refractivity contribution in [1.82, 2.24) is 0 Å². The molecule has 1 aromatic carbocycles. The monoisotopic (exact) mass is 346 g/mol. The largest absolute Gasteiger partial charge is 0.504 e. The minimum absolute atomic E-state index is 0.000547. The van der Waals surface area contributed by atoms with E-state index in [2.05, 4.69) is 13.8 Å². The summed E-state index contributed by atoms with van der Waals surface area (Å²) in [6, 6.07) is 1.80. The van der Waals surface area contributed by atoms with E-state index in [4.69, 9.17) is 4.74 Å². The molecule has 3 N–H and O–H groups in total. The van der Waals surface area contributed by atoms with Gasteiger partial charge < -0.3 is 20.1 Å². The lowest BCUT2D eigenvalue weighted by Crippen LogP contribution is -2.65. The topological polar surface area (TPSA) is 87.0 Å². The third-order valence-electron chi connectivity index (χ3n) is 6.72. The molecular formula is C20H26O5. The first-order valence-electron chi connectivity index (χ1n) is 9.11. The van der Waals surface area contributed by atoms with Crippen LogP contribution >= 0.6 is 0 Å². The first-order valence-corrected chi connectivity index (χ1v) is 9.11. The molecule has 2 fully saturated rings. The SMILES string of the molecule is CC(C)c1cc2c(c(O)c1O)[C@@]13CCCC(C)(C)[C@@H]1[C@@H](O)[C@@H]2OC3=O. The zero-order valence-corrected chi connectivity index (χ0v) is 15.2. The van der Waals surface area contributed by atoms with Crippen molar-refractivity contribution in [3.63, 3.8) is 0 Å². The molecule has 25 heavy (non-hydrogen) atoms. The number of benzene rings is 1. The van der Waals surface area contributed by atoms with Crippen LogP contribution in [0.2, 0.25) is 0 Å². The summed E-state index contributed by atoms with van der Waals surface area (Å²) in [4.78, 5) is 13.0. The molecule has 136 valence electrons. The molecule has 1 aromatic rings. The van der Waals surface area contributed by atoms with Crippen LogP contribution in [0.15, 0.2) is 6.07 Å². The van der Waals surface area contributed by atoms with E-state index in [1.165, 1.54) is 0 Å². The zero-order chi connectivity index (χ0) is 18.3. The number of phenolic OH excluding ortho intramolecular Hbond substituents is 2. The number of hydrogen-bond acceptors (Lipinski definition) is 5. The van der Waals surface area contributed by atoms with Crippen LogP contribution in [0.25, 0.3) is 0 Å². The van der Waals surface area contributed by atoms with E-state index in [1.54, 1.807) is 6.07 Å². The molecule has 4 atom stereocenters. The highest BCUT2D eigenvalue weighted by Crippen LogP contribution is 2.66. The molecule has 1 saturated heterocycles. The molecule has 0 aromatic heterocycles. The molecular weight excluding hydrogens is 320 g/mol. The minimum Gasteiger partial charge on any atom is -0.504 e. The quantitative estimate of drug-likeness (QED) is 0.537. The number of carbonyl (C=O) groups is 1. The van der Waals surface area contributed by atoms with Gasteiger partial charge in [0.1, 0.15) is 5.41 Å². The molecule has 5 nitrogen and oxygen atoms in total. The second-order valence-corrected chi connectivity index (χ2v) is 8.89. The molecule has 1 saturated carbocycles. The average molecular weight is 346 g/mol. The second kappa shape index (κ2) is 4.91. The molecule has 2 bridgehead atoms. The van der Waals surface area contributed by atoms with Crippen LogP contribution in [0.5, 0.6) is 11.5 Å². The second-order valence-electron chi connectivity index (χ2n) is 8.89. The summed E-state index contributed by atoms with van der Waals surface area (Å²) in [5.74, 6) is -1.07. The number of aromatic hydroxyl groups is 2. The van der Waals surface area contributed by atoms with E-state index in [1.807, 2.05) is 13.8 Å². The number of esters is 1. The van der Waals surface area contributed by atoms with E-state index >= 15 is 0 Å². The van der Waals surface area contributed by atoms with Crippen molar-refractivity contribution in [2.75, 3.05) is 0 Å². The number of ether oxygens (including phenoxy) is 1. The average Bonchev–Trinajstić information content (AvgIpc) is 2.51. The first kappa shape index (κ1) is 16.7. The summed E-state index contributed by atoms with van der Waals surface area (Å²) in [6.07, 6.45) is 0.648. The zero-order valence-electron chi connectivity index (χ0n) is 15.2.